The molecule has 0 aromatic carbocycles. The zero-order valence-electron chi connectivity index (χ0n) is 11.0. The quantitative estimate of drug-likeness (QED) is 0.899. The highest BCUT2D eigenvalue weighted by atomic mass is 32.1. The van der Waals surface area contributed by atoms with Crippen molar-refractivity contribution in [3.63, 3.8) is 0 Å². The number of aromatic nitrogens is 3. The van der Waals surface area contributed by atoms with Crippen LogP contribution in [-0.2, 0) is 6.42 Å². The topological polar surface area (TPSA) is 50.7 Å². The van der Waals surface area contributed by atoms with Crippen molar-refractivity contribution in [1.82, 2.24) is 20.5 Å². The minimum atomic E-state index is 0.512. The van der Waals surface area contributed by atoms with Gasteiger partial charge < -0.3 is 5.32 Å². The monoisotopic (exact) mass is 262 g/mol. The summed E-state index contributed by atoms with van der Waals surface area (Å²) >= 11 is 1.65. The van der Waals surface area contributed by atoms with Crippen molar-refractivity contribution in [2.45, 2.75) is 33.2 Å². The Kier molecular flexibility index (Phi) is 4.38. The fourth-order valence-electron chi connectivity index (χ4n) is 1.64. The number of aryl methyl sites for hydroxylation is 1. The molecule has 4 nitrogen and oxygen atoms in total. The lowest BCUT2D eigenvalue weighted by Gasteiger charge is -2.05. The summed E-state index contributed by atoms with van der Waals surface area (Å²) in [5.41, 5.74) is 2.08. The summed E-state index contributed by atoms with van der Waals surface area (Å²) in [5.74, 6) is 0. The van der Waals surface area contributed by atoms with Crippen LogP contribution in [0.3, 0.4) is 0 Å². The van der Waals surface area contributed by atoms with E-state index in [-0.39, 0.29) is 0 Å². The van der Waals surface area contributed by atoms with Crippen LogP contribution in [0.5, 0.6) is 0 Å². The third-order valence-electron chi connectivity index (χ3n) is 2.60. The zero-order valence-corrected chi connectivity index (χ0v) is 11.8. The van der Waals surface area contributed by atoms with Crippen LogP contribution in [-0.4, -0.2) is 27.8 Å². The van der Waals surface area contributed by atoms with Crippen molar-refractivity contribution < 1.29 is 0 Å². The van der Waals surface area contributed by atoms with Crippen molar-refractivity contribution in [2.75, 3.05) is 6.54 Å². The Morgan fingerprint density at radius 3 is 2.89 bits per heavy atom. The summed E-state index contributed by atoms with van der Waals surface area (Å²) in [5, 5.41) is 13.9. The highest BCUT2D eigenvalue weighted by Crippen LogP contribution is 2.25. The molecule has 0 saturated carbocycles. The second kappa shape index (κ2) is 6.02. The summed E-state index contributed by atoms with van der Waals surface area (Å²) in [6.45, 7) is 7.23. The van der Waals surface area contributed by atoms with Crippen molar-refractivity contribution >= 4 is 11.3 Å². The molecule has 18 heavy (non-hydrogen) atoms. The Bertz CT molecular complexity index is 507. The number of pyridine rings is 1. The lowest BCUT2D eigenvalue weighted by molar-refractivity contribution is 0.588. The van der Waals surface area contributed by atoms with Gasteiger partial charge in [-0.1, -0.05) is 25.2 Å². The molecular weight excluding hydrogens is 244 g/mol. The maximum atomic E-state index is 4.28. The molecule has 1 N–H and O–H groups in total. The van der Waals surface area contributed by atoms with Gasteiger partial charge in [0.25, 0.3) is 0 Å². The van der Waals surface area contributed by atoms with Gasteiger partial charge in [0.1, 0.15) is 10.0 Å². The highest BCUT2D eigenvalue weighted by Gasteiger charge is 2.09. The van der Waals surface area contributed by atoms with Crippen LogP contribution < -0.4 is 5.32 Å². The van der Waals surface area contributed by atoms with E-state index in [1.54, 1.807) is 17.5 Å². The second-order valence-corrected chi connectivity index (χ2v) is 5.56. The highest BCUT2D eigenvalue weighted by molar-refractivity contribution is 7.14. The Morgan fingerprint density at radius 2 is 2.17 bits per heavy atom. The third kappa shape index (κ3) is 3.34. The molecule has 2 rings (SSSR count). The van der Waals surface area contributed by atoms with Gasteiger partial charge in [-0.15, -0.1) is 10.2 Å². The molecule has 0 aliphatic carbocycles. The zero-order chi connectivity index (χ0) is 13.0. The maximum absolute atomic E-state index is 4.28. The van der Waals surface area contributed by atoms with Crippen LogP contribution in [0, 0.1) is 6.92 Å². The second-order valence-electron chi connectivity index (χ2n) is 4.50. The van der Waals surface area contributed by atoms with E-state index in [2.05, 4.69) is 34.3 Å². The largest absolute Gasteiger partial charge is 0.314 e. The molecule has 0 aliphatic rings. The predicted octanol–water partition coefficient (Wildman–Crippen LogP) is 2.45. The minimum absolute atomic E-state index is 0.512. The van der Waals surface area contributed by atoms with Crippen LogP contribution in [0.1, 0.15) is 24.5 Å². The van der Waals surface area contributed by atoms with Crippen LogP contribution in [0.25, 0.3) is 10.6 Å². The third-order valence-corrected chi connectivity index (χ3v) is 3.61. The molecule has 0 fully saturated rings. The van der Waals surface area contributed by atoms with Crippen molar-refractivity contribution in [2.24, 2.45) is 0 Å². The van der Waals surface area contributed by atoms with Crippen LogP contribution >= 0.6 is 11.3 Å². The number of hydrogen-bond acceptors (Lipinski definition) is 5. The van der Waals surface area contributed by atoms with E-state index in [0.717, 1.165) is 34.2 Å². The number of rotatable bonds is 5. The summed E-state index contributed by atoms with van der Waals surface area (Å²) in [7, 11) is 0. The van der Waals surface area contributed by atoms with Gasteiger partial charge >= 0.3 is 0 Å². The Morgan fingerprint density at radius 1 is 1.33 bits per heavy atom. The number of hydrogen-bond donors (Lipinski definition) is 1. The first kappa shape index (κ1) is 13.1. The lowest BCUT2D eigenvalue weighted by atomic mass is 10.2. The molecule has 0 spiro atoms. The van der Waals surface area contributed by atoms with E-state index < -0.39 is 0 Å². The van der Waals surface area contributed by atoms with Crippen molar-refractivity contribution in [3.8, 4) is 10.6 Å². The van der Waals surface area contributed by atoms with Crippen LogP contribution in [0.2, 0.25) is 0 Å². The standard InChI is InChI=1S/C13H18N4S/c1-9(2)14-8-6-12-16-17-13(18-12)11-5-4-7-15-10(11)3/h4-5,7,9,14H,6,8H2,1-3H3. The van der Waals surface area contributed by atoms with Gasteiger partial charge in [0.05, 0.1) is 0 Å². The molecule has 0 aliphatic heterocycles. The average molecular weight is 262 g/mol. The van der Waals surface area contributed by atoms with E-state index in [1.807, 2.05) is 19.1 Å². The first-order valence-corrected chi connectivity index (χ1v) is 6.96. The molecule has 0 unspecified atom stereocenters. The predicted molar refractivity (Wildman–Crippen MR) is 74.7 cm³/mol. The van der Waals surface area contributed by atoms with E-state index in [1.165, 1.54) is 0 Å². The average Bonchev–Trinajstić information content (AvgIpc) is 2.78. The van der Waals surface area contributed by atoms with E-state index >= 15 is 0 Å². The molecule has 0 atom stereocenters. The molecular formula is C13H18N4S. The molecule has 0 radical (unpaired) electrons. The molecule has 2 aromatic heterocycles. The number of nitrogens with one attached hydrogen (secondary N) is 1. The molecule has 2 aromatic rings. The molecule has 0 bridgehead atoms. The van der Waals surface area contributed by atoms with Gasteiger partial charge in [0.2, 0.25) is 0 Å². The Balaban J connectivity index is 2.04. The minimum Gasteiger partial charge on any atom is -0.314 e. The van der Waals surface area contributed by atoms with E-state index in [9.17, 15) is 0 Å². The maximum Gasteiger partial charge on any atom is 0.149 e. The first-order valence-electron chi connectivity index (χ1n) is 6.14. The molecule has 0 saturated heterocycles. The smallest absolute Gasteiger partial charge is 0.149 e. The first-order chi connectivity index (χ1) is 8.66. The fourth-order valence-corrected chi connectivity index (χ4v) is 2.56. The fraction of sp³-hybridized carbons (Fsp3) is 0.462. The molecule has 5 heteroatoms. The summed E-state index contributed by atoms with van der Waals surface area (Å²) in [6, 6.07) is 4.49. The SMILES string of the molecule is Cc1ncccc1-c1nnc(CCNC(C)C)s1. The molecule has 2 heterocycles. The van der Waals surface area contributed by atoms with E-state index in [0.29, 0.717) is 6.04 Å². The van der Waals surface area contributed by atoms with E-state index in [4.69, 9.17) is 0 Å². The Hall–Kier alpha value is -1.33. The summed E-state index contributed by atoms with van der Waals surface area (Å²) in [6.07, 6.45) is 2.72. The van der Waals surface area contributed by atoms with Gasteiger partial charge in [-0.25, -0.2) is 0 Å². The molecule has 0 amide bonds. The van der Waals surface area contributed by atoms with Crippen molar-refractivity contribution in [3.05, 3.63) is 29.0 Å². The number of nitrogens with zero attached hydrogens (tertiary/aromatic N) is 3. The van der Waals surface area contributed by atoms with Gasteiger partial charge in [-0.2, -0.15) is 0 Å². The van der Waals surface area contributed by atoms with Gasteiger partial charge in [-0.05, 0) is 19.1 Å². The van der Waals surface area contributed by atoms with Gasteiger partial charge in [-0.3, -0.25) is 4.98 Å². The molecule has 96 valence electrons. The van der Waals surface area contributed by atoms with Crippen LogP contribution in [0.15, 0.2) is 18.3 Å². The van der Waals surface area contributed by atoms with Gasteiger partial charge in [0.15, 0.2) is 0 Å². The Labute approximate surface area is 111 Å². The van der Waals surface area contributed by atoms with Crippen LogP contribution in [0.4, 0.5) is 0 Å². The van der Waals surface area contributed by atoms with Crippen molar-refractivity contribution in [1.29, 1.82) is 0 Å². The van der Waals surface area contributed by atoms with Gasteiger partial charge in [0, 0.05) is 36.5 Å². The summed E-state index contributed by atoms with van der Waals surface area (Å²) in [4.78, 5) is 4.28. The normalized spacial score (nSPS) is 11.1. The lowest BCUT2D eigenvalue weighted by Crippen LogP contribution is -2.24. The summed E-state index contributed by atoms with van der Waals surface area (Å²) < 4.78 is 0.